The van der Waals surface area contributed by atoms with E-state index in [2.05, 4.69) is 32.0 Å². The molecule has 1 aromatic heterocycles. The van der Waals surface area contributed by atoms with Crippen molar-refractivity contribution in [3.05, 3.63) is 53.9 Å². The molecule has 8 heteroatoms. The number of aromatic nitrogens is 2. The molecule has 172 valence electrons. The summed E-state index contributed by atoms with van der Waals surface area (Å²) in [5.41, 5.74) is 1.17. The van der Waals surface area contributed by atoms with Crippen molar-refractivity contribution in [1.29, 1.82) is 0 Å². The summed E-state index contributed by atoms with van der Waals surface area (Å²) in [6, 6.07) is 7.28. The van der Waals surface area contributed by atoms with Gasteiger partial charge in [-0.25, -0.2) is 9.37 Å². The summed E-state index contributed by atoms with van der Waals surface area (Å²) in [7, 11) is 0. The Morgan fingerprint density at radius 3 is 2.58 bits per heavy atom. The molecule has 0 atom stereocenters. The lowest BCUT2D eigenvalue weighted by Gasteiger charge is -2.33. The third-order valence-electron chi connectivity index (χ3n) is 5.59. The number of hydrogen-bond donors (Lipinski definition) is 2. The fourth-order valence-corrected chi connectivity index (χ4v) is 3.82. The predicted octanol–water partition coefficient (Wildman–Crippen LogP) is 3.95. The molecule has 1 aliphatic rings. The van der Waals surface area contributed by atoms with Gasteiger partial charge in [-0.15, -0.1) is 24.0 Å². The molecule has 0 saturated carbocycles. The standard InChI is InChI=1S/C23H35FN6.HI/c1-3-25-23(27-12-4-5-14-30-17-13-26-19(30)2)28-22-10-15-29(16-11-22)18-20-6-8-21(24)9-7-20;/h6-9,13,17,22H,3-5,10-12,14-16,18H2,1-2H3,(H2,25,27,28);1H. The minimum atomic E-state index is -0.172. The number of unbranched alkanes of at least 4 members (excludes halogenated alkanes) is 1. The Bertz CT molecular complexity index is 784. The number of piperidine rings is 1. The zero-order chi connectivity index (χ0) is 21.2. The van der Waals surface area contributed by atoms with Crippen LogP contribution in [0.5, 0.6) is 0 Å². The molecule has 0 unspecified atom stereocenters. The number of aliphatic imine (C=N–C) groups is 1. The smallest absolute Gasteiger partial charge is 0.191 e. The number of aryl methyl sites for hydroxylation is 2. The molecule has 31 heavy (non-hydrogen) atoms. The Labute approximate surface area is 202 Å². The first kappa shape index (κ1) is 25.6. The highest BCUT2D eigenvalue weighted by Gasteiger charge is 2.20. The second kappa shape index (κ2) is 13.7. The molecule has 3 rings (SSSR count). The average molecular weight is 542 g/mol. The van der Waals surface area contributed by atoms with Crippen LogP contribution in [0.1, 0.15) is 44.0 Å². The van der Waals surface area contributed by atoms with Crippen molar-refractivity contribution in [3.63, 3.8) is 0 Å². The fourth-order valence-electron chi connectivity index (χ4n) is 3.82. The minimum Gasteiger partial charge on any atom is -0.357 e. The molecule has 1 aliphatic heterocycles. The van der Waals surface area contributed by atoms with Gasteiger partial charge in [0.15, 0.2) is 5.96 Å². The third kappa shape index (κ3) is 8.76. The van der Waals surface area contributed by atoms with Crippen LogP contribution in [0.2, 0.25) is 0 Å². The molecule has 0 bridgehead atoms. The van der Waals surface area contributed by atoms with Crippen molar-refractivity contribution in [2.75, 3.05) is 26.2 Å². The van der Waals surface area contributed by atoms with Crippen LogP contribution in [0, 0.1) is 12.7 Å². The maximum absolute atomic E-state index is 13.1. The first-order chi connectivity index (χ1) is 14.6. The maximum atomic E-state index is 13.1. The SMILES string of the molecule is CCNC(=NCCCCn1ccnc1C)NC1CCN(Cc2ccc(F)cc2)CC1.I. The highest BCUT2D eigenvalue weighted by atomic mass is 127. The Hall–Kier alpha value is -1.68. The molecule has 2 heterocycles. The minimum absolute atomic E-state index is 0. The maximum Gasteiger partial charge on any atom is 0.191 e. The number of rotatable bonds is 9. The van der Waals surface area contributed by atoms with Gasteiger partial charge in [-0.2, -0.15) is 0 Å². The molecule has 0 spiro atoms. The number of imidazole rings is 1. The lowest BCUT2D eigenvalue weighted by atomic mass is 10.0. The van der Waals surface area contributed by atoms with Gasteiger partial charge in [0.25, 0.3) is 0 Å². The molecule has 1 aromatic carbocycles. The van der Waals surface area contributed by atoms with Crippen molar-refractivity contribution in [2.24, 2.45) is 4.99 Å². The Morgan fingerprint density at radius 1 is 1.19 bits per heavy atom. The molecule has 2 N–H and O–H groups in total. The largest absolute Gasteiger partial charge is 0.357 e. The first-order valence-electron chi connectivity index (χ1n) is 11.1. The first-order valence-corrected chi connectivity index (χ1v) is 11.1. The van der Waals surface area contributed by atoms with Crippen molar-refractivity contribution >= 4 is 29.9 Å². The highest BCUT2D eigenvalue weighted by Crippen LogP contribution is 2.14. The molecule has 1 fully saturated rings. The lowest BCUT2D eigenvalue weighted by Crippen LogP contribution is -2.48. The Balaban J connectivity index is 0.00000341. The molecule has 0 amide bonds. The molecular weight excluding hydrogens is 506 g/mol. The van der Waals surface area contributed by atoms with Gasteiger partial charge in [-0.1, -0.05) is 12.1 Å². The van der Waals surface area contributed by atoms with Gasteiger partial charge in [-0.05, 0) is 57.2 Å². The van der Waals surface area contributed by atoms with Crippen molar-refractivity contribution in [1.82, 2.24) is 25.1 Å². The van der Waals surface area contributed by atoms with Gasteiger partial charge in [0.05, 0.1) is 0 Å². The van der Waals surface area contributed by atoms with Crippen LogP contribution in [0.4, 0.5) is 4.39 Å². The second-order valence-corrected chi connectivity index (χ2v) is 7.96. The van der Waals surface area contributed by atoms with Gasteiger partial charge >= 0.3 is 0 Å². The molecule has 0 aliphatic carbocycles. The van der Waals surface area contributed by atoms with Crippen LogP contribution in [0.15, 0.2) is 41.7 Å². The molecular formula is C23H36FIN6. The van der Waals surface area contributed by atoms with E-state index in [0.717, 1.165) is 76.7 Å². The van der Waals surface area contributed by atoms with E-state index >= 15 is 0 Å². The summed E-state index contributed by atoms with van der Waals surface area (Å²) < 4.78 is 15.3. The van der Waals surface area contributed by atoms with Crippen LogP contribution in [-0.4, -0.2) is 52.6 Å². The van der Waals surface area contributed by atoms with Crippen molar-refractivity contribution < 1.29 is 4.39 Å². The second-order valence-electron chi connectivity index (χ2n) is 7.96. The number of guanidine groups is 1. The Kier molecular flexibility index (Phi) is 11.3. The quantitative estimate of drug-likeness (QED) is 0.218. The van der Waals surface area contributed by atoms with E-state index in [1.807, 2.05) is 31.5 Å². The number of likely N-dealkylation sites (tertiary alicyclic amines) is 1. The summed E-state index contributed by atoms with van der Waals surface area (Å²) in [6.45, 7) is 9.80. The average Bonchev–Trinajstić information content (AvgIpc) is 3.16. The normalized spacial score (nSPS) is 15.5. The monoisotopic (exact) mass is 542 g/mol. The molecule has 6 nitrogen and oxygen atoms in total. The van der Waals surface area contributed by atoms with Gasteiger partial charge in [0.1, 0.15) is 11.6 Å². The zero-order valence-electron chi connectivity index (χ0n) is 18.7. The predicted molar refractivity (Wildman–Crippen MR) is 135 cm³/mol. The van der Waals surface area contributed by atoms with Gasteiger partial charge < -0.3 is 15.2 Å². The number of benzene rings is 1. The molecule has 2 aromatic rings. The molecule has 1 saturated heterocycles. The van der Waals surface area contributed by atoms with Crippen LogP contribution >= 0.6 is 24.0 Å². The van der Waals surface area contributed by atoms with E-state index in [4.69, 9.17) is 4.99 Å². The van der Waals surface area contributed by atoms with Gasteiger partial charge in [-0.3, -0.25) is 9.89 Å². The van der Waals surface area contributed by atoms with E-state index in [0.29, 0.717) is 6.04 Å². The number of hydrogen-bond acceptors (Lipinski definition) is 3. The topological polar surface area (TPSA) is 57.5 Å². The number of nitrogens with one attached hydrogen (secondary N) is 2. The lowest BCUT2D eigenvalue weighted by molar-refractivity contribution is 0.198. The number of nitrogens with zero attached hydrogens (tertiary/aromatic N) is 4. The summed E-state index contributed by atoms with van der Waals surface area (Å²) in [5.74, 6) is 1.82. The van der Waals surface area contributed by atoms with Crippen molar-refractivity contribution in [3.8, 4) is 0 Å². The van der Waals surface area contributed by atoms with E-state index < -0.39 is 0 Å². The fraction of sp³-hybridized carbons (Fsp3) is 0.565. The number of halogens is 2. The van der Waals surface area contributed by atoms with Crippen LogP contribution in [-0.2, 0) is 13.1 Å². The van der Waals surface area contributed by atoms with Crippen LogP contribution < -0.4 is 10.6 Å². The van der Waals surface area contributed by atoms with Gasteiger partial charge in [0, 0.05) is 57.7 Å². The van der Waals surface area contributed by atoms with Crippen molar-refractivity contribution in [2.45, 2.75) is 58.7 Å². The van der Waals surface area contributed by atoms with Gasteiger partial charge in [0.2, 0.25) is 0 Å². The zero-order valence-corrected chi connectivity index (χ0v) is 21.0. The Morgan fingerprint density at radius 2 is 1.94 bits per heavy atom. The molecule has 0 radical (unpaired) electrons. The van der Waals surface area contributed by atoms with E-state index in [1.54, 1.807) is 12.1 Å². The summed E-state index contributed by atoms with van der Waals surface area (Å²) in [4.78, 5) is 11.5. The van der Waals surface area contributed by atoms with Crippen LogP contribution in [0.3, 0.4) is 0 Å². The van der Waals surface area contributed by atoms with E-state index in [-0.39, 0.29) is 29.8 Å². The van der Waals surface area contributed by atoms with E-state index in [1.165, 1.54) is 5.56 Å². The van der Waals surface area contributed by atoms with Crippen LogP contribution in [0.25, 0.3) is 0 Å². The summed E-state index contributed by atoms with van der Waals surface area (Å²) >= 11 is 0. The van der Waals surface area contributed by atoms with E-state index in [9.17, 15) is 4.39 Å². The highest BCUT2D eigenvalue weighted by molar-refractivity contribution is 14.0. The summed E-state index contributed by atoms with van der Waals surface area (Å²) in [6.07, 6.45) is 8.22. The third-order valence-corrected chi connectivity index (χ3v) is 5.59. The summed E-state index contributed by atoms with van der Waals surface area (Å²) in [5, 5.41) is 6.98.